The van der Waals surface area contributed by atoms with Crippen molar-refractivity contribution in [1.29, 1.82) is 0 Å². The lowest BCUT2D eigenvalue weighted by Gasteiger charge is -2.25. The average molecular weight is 313 g/mol. The summed E-state index contributed by atoms with van der Waals surface area (Å²) in [7, 11) is 0. The second kappa shape index (κ2) is 6.24. The molecule has 6 nitrogen and oxygen atoms in total. The predicted molar refractivity (Wildman–Crippen MR) is 84.5 cm³/mol. The molecule has 6 heteroatoms. The van der Waals surface area contributed by atoms with Crippen molar-refractivity contribution in [2.75, 3.05) is 11.9 Å². The van der Waals surface area contributed by atoms with E-state index in [-0.39, 0.29) is 30.2 Å². The summed E-state index contributed by atoms with van der Waals surface area (Å²) in [4.78, 5) is 26.3. The number of hydrogen-bond acceptors (Lipinski definition) is 4. The Morgan fingerprint density at radius 3 is 2.78 bits per heavy atom. The van der Waals surface area contributed by atoms with Crippen molar-refractivity contribution in [2.24, 2.45) is 5.92 Å². The molecule has 1 aromatic carbocycles. The fraction of sp³-hybridized carbons (Fsp3) is 0.353. The van der Waals surface area contributed by atoms with Gasteiger partial charge in [-0.05, 0) is 19.4 Å². The summed E-state index contributed by atoms with van der Waals surface area (Å²) in [5.41, 5.74) is 1.06. The van der Waals surface area contributed by atoms with Crippen LogP contribution in [0.4, 0.5) is 5.82 Å². The number of benzene rings is 1. The van der Waals surface area contributed by atoms with E-state index in [1.54, 1.807) is 17.9 Å². The van der Waals surface area contributed by atoms with Gasteiger partial charge in [-0.1, -0.05) is 35.5 Å². The SMILES string of the molecule is Cc1cc(NC(=O)C2CC(=O)N(C(C)c3ccccc3)C2)no1. The van der Waals surface area contributed by atoms with Crippen LogP contribution in [0.5, 0.6) is 0 Å². The van der Waals surface area contributed by atoms with Crippen molar-refractivity contribution in [2.45, 2.75) is 26.3 Å². The predicted octanol–water partition coefficient (Wildman–Crippen LogP) is 2.53. The summed E-state index contributed by atoms with van der Waals surface area (Å²) in [5.74, 6) is 0.439. The fourth-order valence-corrected chi connectivity index (χ4v) is 2.85. The van der Waals surface area contributed by atoms with Crippen molar-refractivity contribution in [3.8, 4) is 0 Å². The van der Waals surface area contributed by atoms with Gasteiger partial charge in [0.15, 0.2) is 5.82 Å². The molecule has 2 atom stereocenters. The molecule has 1 fully saturated rings. The Morgan fingerprint density at radius 1 is 1.39 bits per heavy atom. The van der Waals surface area contributed by atoms with E-state index < -0.39 is 0 Å². The molecule has 0 spiro atoms. The minimum absolute atomic E-state index is 0.00200. The molecule has 2 unspecified atom stereocenters. The van der Waals surface area contributed by atoms with Gasteiger partial charge in [0, 0.05) is 19.0 Å². The zero-order valence-corrected chi connectivity index (χ0v) is 13.2. The van der Waals surface area contributed by atoms with E-state index in [2.05, 4.69) is 10.5 Å². The van der Waals surface area contributed by atoms with Crippen LogP contribution in [0.3, 0.4) is 0 Å². The highest BCUT2D eigenvalue weighted by atomic mass is 16.5. The van der Waals surface area contributed by atoms with Crippen molar-refractivity contribution in [3.05, 3.63) is 47.7 Å². The summed E-state index contributed by atoms with van der Waals surface area (Å²) in [6.45, 7) is 4.15. The summed E-state index contributed by atoms with van der Waals surface area (Å²) in [6.07, 6.45) is 0.222. The van der Waals surface area contributed by atoms with E-state index in [0.717, 1.165) is 5.56 Å². The molecule has 0 aliphatic carbocycles. The Hall–Kier alpha value is -2.63. The van der Waals surface area contributed by atoms with Crippen LogP contribution in [-0.4, -0.2) is 28.4 Å². The number of aromatic nitrogens is 1. The van der Waals surface area contributed by atoms with Gasteiger partial charge >= 0.3 is 0 Å². The lowest BCUT2D eigenvalue weighted by molar-refractivity contribution is -0.129. The second-order valence-corrected chi connectivity index (χ2v) is 5.85. The maximum atomic E-state index is 12.3. The standard InChI is InChI=1S/C17H19N3O3/c1-11-8-15(19-23-11)18-17(22)14-9-16(21)20(10-14)12(2)13-6-4-3-5-7-13/h3-8,12,14H,9-10H2,1-2H3,(H,18,19,22). The van der Waals surface area contributed by atoms with E-state index in [0.29, 0.717) is 18.1 Å². The normalized spacial score (nSPS) is 19.0. The minimum atomic E-state index is -0.370. The van der Waals surface area contributed by atoms with Gasteiger partial charge in [-0.15, -0.1) is 0 Å². The third kappa shape index (κ3) is 3.26. The lowest BCUT2D eigenvalue weighted by atomic mass is 10.1. The number of nitrogens with one attached hydrogen (secondary N) is 1. The molecular formula is C17H19N3O3. The number of rotatable bonds is 4. The number of carbonyl (C=O) groups excluding carboxylic acids is 2. The average Bonchev–Trinajstić information content (AvgIpc) is 3.13. The van der Waals surface area contributed by atoms with E-state index in [1.807, 2.05) is 37.3 Å². The number of hydrogen-bond donors (Lipinski definition) is 1. The summed E-state index contributed by atoms with van der Waals surface area (Å²) < 4.78 is 4.92. The Morgan fingerprint density at radius 2 is 2.13 bits per heavy atom. The molecule has 2 aromatic rings. The van der Waals surface area contributed by atoms with Crippen molar-refractivity contribution in [1.82, 2.24) is 10.1 Å². The van der Waals surface area contributed by atoms with Gasteiger partial charge in [-0.2, -0.15) is 0 Å². The van der Waals surface area contributed by atoms with Crippen LogP contribution < -0.4 is 5.32 Å². The third-order valence-electron chi connectivity index (χ3n) is 4.16. The Labute approximate surface area is 134 Å². The van der Waals surface area contributed by atoms with Crippen molar-refractivity contribution < 1.29 is 14.1 Å². The third-order valence-corrected chi connectivity index (χ3v) is 4.16. The van der Waals surface area contributed by atoms with E-state index in [1.165, 1.54) is 0 Å². The van der Waals surface area contributed by atoms with Gasteiger partial charge in [0.1, 0.15) is 5.76 Å². The molecule has 0 radical (unpaired) electrons. The molecule has 1 aromatic heterocycles. The summed E-state index contributed by atoms with van der Waals surface area (Å²) in [6, 6.07) is 11.4. The van der Waals surface area contributed by atoms with Crippen LogP contribution in [0.25, 0.3) is 0 Å². The molecule has 0 saturated carbocycles. The molecule has 2 heterocycles. The van der Waals surface area contributed by atoms with Crippen LogP contribution in [0.2, 0.25) is 0 Å². The first-order valence-electron chi connectivity index (χ1n) is 7.63. The van der Waals surface area contributed by atoms with Crippen LogP contribution in [0.15, 0.2) is 40.9 Å². The van der Waals surface area contributed by atoms with Gasteiger partial charge in [0.2, 0.25) is 11.8 Å². The number of carbonyl (C=O) groups is 2. The molecule has 3 rings (SSSR count). The highest BCUT2D eigenvalue weighted by Gasteiger charge is 2.37. The van der Waals surface area contributed by atoms with E-state index >= 15 is 0 Å². The van der Waals surface area contributed by atoms with Gasteiger partial charge in [0.25, 0.3) is 0 Å². The molecule has 1 aliphatic heterocycles. The van der Waals surface area contributed by atoms with E-state index in [9.17, 15) is 9.59 Å². The highest BCUT2D eigenvalue weighted by molar-refractivity contribution is 5.96. The first-order valence-corrected chi connectivity index (χ1v) is 7.63. The maximum Gasteiger partial charge on any atom is 0.231 e. The van der Waals surface area contributed by atoms with Gasteiger partial charge in [-0.25, -0.2) is 0 Å². The molecule has 1 aliphatic rings. The van der Waals surface area contributed by atoms with Crippen LogP contribution >= 0.6 is 0 Å². The fourth-order valence-electron chi connectivity index (χ4n) is 2.85. The largest absolute Gasteiger partial charge is 0.360 e. The number of amides is 2. The molecule has 23 heavy (non-hydrogen) atoms. The molecular weight excluding hydrogens is 294 g/mol. The maximum absolute atomic E-state index is 12.3. The number of nitrogens with zero attached hydrogens (tertiary/aromatic N) is 2. The molecule has 1 saturated heterocycles. The van der Waals surface area contributed by atoms with Crippen LogP contribution in [0.1, 0.15) is 30.7 Å². The molecule has 120 valence electrons. The van der Waals surface area contributed by atoms with Gasteiger partial charge < -0.3 is 14.7 Å². The molecule has 1 N–H and O–H groups in total. The summed E-state index contributed by atoms with van der Waals surface area (Å²) >= 11 is 0. The van der Waals surface area contributed by atoms with Crippen molar-refractivity contribution >= 4 is 17.6 Å². The number of anilines is 1. The number of aryl methyl sites for hydroxylation is 1. The lowest BCUT2D eigenvalue weighted by Crippen LogP contribution is -2.30. The van der Waals surface area contributed by atoms with Crippen LogP contribution in [-0.2, 0) is 9.59 Å². The smallest absolute Gasteiger partial charge is 0.231 e. The number of likely N-dealkylation sites (tertiary alicyclic amines) is 1. The Balaban J connectivity index is 1.66. The van der Waals surface area contributed by atoms with Gasteiger partial charge in [0.05, 0.1) is 12.0 Å². The first-order chi connectivity index (χ1) is 11.0. The van der Waals surface area contributed by atoms with Gasteiger partial charge in [-0.3, -0.25) is 9.59 Å². The minimum Gasteiger partial charge on any atom is -0.360 e. The quantitative estimate of drug-likeness (QED) is 0.941. The van der Waals surface area contributed by atoms with E-state index in [4.69, 9.17) is 4.52 Å². The zero-order valence-electron chi connectivity index (χ0n) is 13.2. The Kier molecular flexibility index (Phi) is 4.14. The topological polar surface area (TPSA) is 75.4 Å². The molecule has 2 amide bonds. The second-order valence-electron chi connectivity index (χ2n) is 5.85. The van der Waals surface area contributed by atoms with Crippen molar-refractivity contribution in [3.63, 3.8) is 0 Å². The zero-order chi connectivity index (χ0) is 16.4. The molecule has 0 bridgehead atoms. The monoisotopic (exact) mass is 313 g/mol. The summed E-state index contributed by atoms with van der Waals surface area (Å²) in [5, 5.41) is 6.44. The highest BCUT2D eigenvalue weighted by Crippen LogP contribution is 2.29. The Bertz CT molecular complexity index is 711. The first kappa shape index (κ1) is 15.3. The van der Waals surface area contributed by atoms with Crippen LogP contribution in [0, 0.1) is 12.8 Å².